The van der Waals surface area contributed by atoms with Crippen molar-refractivity contribution >= 4 is 29.7 Å². The van der Waals surface area contributed by atoms with Gasteiger partial charge in [-0.15, -0.1) is 23.7 Å². The van der Waals surface area contributed by atoms with Crippen LogP contribution in [-0.2, 0) is 6.42 Å². The lowest BCUT2D eigenvalue weighted by Gasteiger charge is -2.19. The Hall–Kier alpha value is -0.650. The Morgan fingerprint density at radius 1 is 1.62 bits per heavy atom. The van der Waals surface area contributed by atoms with Gasteiger partial charge in [-0.05, 0) is 20.4 Å². The van der Waals surface area contributed by atoms with Gasteiger partial charge < -0.3 is 10.6 Å². The van der Waals surface area contributed by atoms with Crippen LogP contribution in [-0.4, -0.2) is 35.4 Å². The van der Waals surface area contributed by atoms with Gasteiger partial charge in [-0.1, -0.05) is 0 Å². The van der Waals surface area contributed by atoms with Crippen molar-refractivity contribution in [2.24, 2.45) is 5.73 Å². The lowest BCUT2D eigenvalue weighted by atomic mass is 10.3. The van der Waals surface area contributed by atoms with E-state index in [1.54, 1.807) is 17.3 Å². The summed E-state index contributed by atoms with van der Waals surface area (Å²) in [5.41, 5.74) is 5.95. The van der Waals surface area contributed by atoms with Gasteiger partial charge in [0.25, 0.3) is 5.91 Å². The number of carbonyl (C=O) groups is 1. The largest absolute Gasteiger partial charge is 0.338 e. The highest BCUT2D eigenvalue weighted by Crippen LogP contribution is 2.12. The number of nitrogens with zero attached hydrogens (tertiary/aromatic N) is 2. The Morgan fingerprint density at radius 2 is 2.25 bits per heavy atom. The van der Waals surface area contributed by atoms with Gasteiger partial charge in [-0.3, -0.25) is 4.79 Å². The van der Waals surface area contributed by atoms with Gasteiger partial charge in [0.2, 0.25) is 0 Å². The average molecular weight is 264 g/mol. The first-order valence-corrected chi connectivity index (χ1v) is 5.86. The van der Waals surface area contributed by atoms with Crippen molar-refractivity contribution in [3.63, 3.8) is 0 Å². The fourth-order valence-corrected chi connectivity index (χ4v) is 1.85. The minimum Gasteiger partial charge on any atom is -0.338 e. The van der Waals surface area contributed by atoms with E-state index < -0.39 is 0 Å². The van der Waals surface area contributed by atoms with E-state index in [0.717, 1.165) is 11.4 Å². The van der Waals surface area contributed by atoms with Crippen molar-refractivity contribution in [1.29, 1.82) is 0 Å². The molecule has 1 aromatic rings. The second-order valence-corrected chi connectivity index (χ2v) is 4.62. The summed E-state index contributed by atoms with van der Waals surface area (Å²) < 4.78 is 0. The maximum absolute atomic E-state index is 11.8. The molecule has 0 atom stereocenters. The molecule has 0 saturated heterocycles. The molecule has 0 aromatic carbocycles. The first kappa shape index (κ1) is 15.3. The zero-order valence-electron chi connectivity index (χ0n) is 9.77. The number of thiazole rings is 1. The Labute approximate surface area is 106 Å². The van der Waals surface area contributed by atoms with Crippen LogP contribution in [0.15, 0.2) is 5.38 Å². The molecule has 0 bridgehead atoms. The van der Waals surface area contributed by atoms with Gasteiger partial charge in [0.1, 0.15) is 5.69 Å². The summed E-state index contributed by atoms with van der Waals surface area (Å²) in [6.07, 6.45) is 0.739. The molecule has 1 aromatic heterocycles. The van der Waals surface area contributed by atoms with Crippen LogP contribution in [0.1, 0.15) is 29.3 Å². The van der Waals surface area contributed by atoms with E-state index in [2.05, 4.69) is 4.98 Å². The molecule has 16 heavy (non-hydrogen) atoms. The third-order valence-corrected chi connectivity index (χ3v) is 3.13. The molecule has 1 heterocycles. The Balaban J connectivity index is 0.00000225. The number of aromatic nitrogens is 1. The summed E-state index contributed by atoms with van der Waals surface area (Å²) in [7, 11) is 1.79. The van der Waals surface area contributed by atoms with Crippen LogP contribution >= 0.6 is 23.7 Å². The monoisotopic (exact) mass is 263 g/mol. The molecule has 0 aliphatic rings. The average Bonchev–Trinajstić information content (AvgIpc) is 2.64. The zero-order valence-corrected chi connectivity index (χ0v) is 11.4. The molecule has 6 heteroatoms. The smallest absolute Gasteiger partial charge is 0.273 e. The van der Waals surface area contributed by atoms with Crippen LogP contribution < -0.4 is 5.73 Å². The second kappa shape index (κ2) is 6.83. The quantitative estimate of drug-likeness (QED) is 0.897. The zero-order chi connectivity index (χ0) is 11.4. The van der Waals surface area contributed by atoms with Crippen LogP contribution in [0, 0.1) is 0 Å². The predicted molar refractivity (Wildman–Crippen MR) is 69.3 cm³/mol. The number of hydrogen-bond donors (Lipinski definition) is 1. The number of hydrogen-bond acceptors (Lipinski definition) is 4. The fourth-order valence-electron chi connectivity index (χ4n) is 1.06. The minimum atomic E-state index is -0.0236. The molecule has 0 aliphatic heterocycles. The molecule has 1 rings (SSSR count). The third kappa shape index (κ3) is 3.73. The van der Waals surface area contributed by atoms with Crippen molar-refractivity contribution < 1.29 is 4.79 Å². The maximum atomic E-state index is 11.8. The van der Waals surface area contributed by atoms with Crippen molar-refractivity contribution in [2.45, 2.75) is 26.3 Å². The van der Waals surface area contributed by atoms with Gasteiger partial charge in [-0.25, -0.2) is 4.98 Å². The summed E-state index contributed by atoms with van der Waals surface area (Å²) in [6.45, 7) is 4.53. The van der Waals surface area contributed by atoms with E-state index in [1.807, 2.05) is 13.8 Å². The standard InChI is InChI=1S/C10H17N3OS.ClH/c1-7(2)13(3)10(14)8-6-15-9(12-8)4-5-11;/h6-7H,4-5,11H2,1-3H3;1H. The van der Waals surface area contributed by atoms with E-state index in [1.165, 1.54) is 11.3 Å². The molecule has 4 nitrogen and oxygen atoms in total. The summed E-state index contributed by atoms with van der Waals surface area (Å²) in [4.78, 5) is 17.8. The Morgan fingerprint density at radius 3 is 2.75 bits per heavy atom. The number of rotatable bonds is 4. The Bertz CT molecular complexity index is 341. The number of nitrogens with two attached hydrogens (primary N) is 1. The first-order chi connectivity index (χ1) is 7.06. The lowest BCUT2D eigenvalue weighted by molar-refractivity contribution is 0.0749. The van der Waals surface area contributed by atoms with Crippen molar-refractivity contribution in [2.75, 3.05) is 13.6 Å². The van der Waals surface area contributed by atoms with Gasteiger partial charge in [0.05, 0.1) is 5.01 Å². The summed E-state index contributed by atoms with van der Waals surface area (Å²) >= 11 is 1.49. The van der Waals surface area contributed by atoms with Crippen molar-refractivity contribution in [3.05, 3.63) is 16.1 Å². The fraction of sp³-hybridized carbons (Fsp3) is 0.600. The van der Waals surface area contributed by atoms with Gasteiger partial charge in [0, 0.05) is 24.9 Å². The number of amides is 1. The molecule has 2 N–H and O–H groups in total. The number of carbonyl (C=O) groups excluding carboxylic acids is 1. The highest BCUT2D eigenvalue weighted by molar-refractivity contribution is 7.09. The topological polar surface area (TPSA) is 59.2 Å². The predicted octanol–water partition coefficient (Wildman–Crippen LogP) is 1.55. The molecule has 0 aliphatic carbocycles. The Kier molecular flexibility index (Phi) is 6.55. The molecular formula is C10H18ClN3OS. The SMILES string of the molecule is CC(C)N(C)C(=O)c1csc(CCN)n1.Cl. The number of halogens is 1. The minimum absolute atomic E-state index is 0. The van der Waals surface area contributed by atoms with Crippen molar-refractivity contribution in [3.8, 4) is 0 Å². The summed E-state index contributed by atoms with van der Waals surface area (Å²) in [5.74, 6) is -0.0236. The maximum Gasteiger partial charge on any atom is 0.273 e. The highest BCUT2D eigenvalue weighted by atomic mass is 35.5. The molecule has 92 valence electrons. The van der Waals surface area contributed by atoms with Crippen molar-refractivity contribution in [1.82, 2.24) is 9.88 Å². The first-order valence-electron chi connectivity index (χ1n) is 4.98. The summed E-state index contributed by atoms with van der Waals surface area (Å²) in [6, 6.07) is 0.192. The van der Waals surface area contributed by atoms with Crippen LogP contribution in [0.25, 0.3) is 0 Å². The van der Waals surface area contributed by atoms with Crippen LogP contribution in [0.4, 0.5) is 0 Å². The van der Waals surface area contributed by atoms with E-state index in [4.69, 9.17) is 5.73 Å². The van der Waals surface area contributed by atoms with E-state index in [9.17, 15) is 4.79 Å². The molecule has 1 amide bonds. The van der Waals surface area contributed by atoms with E-state index >= 15 is 0 Å². The third-order valence-electron chi connectivity index (χ3n) is 2.22. The molecule has 0 saturated carbocycles. The van der Waals surface area contributed by atoms with E-state index in [0.29, 0.717) is 12.2 Å². The molecule has 0 radical (unpaired) electrons. The van der Waals surface area contributed by atoms with Crippen LogP contribution in [0.5, 0.6) is 0 Å². The second-order valence-electron chi connectivity index (χ2n) is 3.67. The van der Waals surface area contributed by atoms with Gasteiger partial charge in [-0.2, -0.15) is 0 Å². The lowest BCUT2D eigenvalue weighted by Crippen LogP contribution is -2.33. The molecular weight excluding hydrogens is 246 g/mol. The molecule has 0 spiro atoms. The normalized spacial score (nSPS) is 10.1. The summed E-state index contributed by atoms with van der Waals surface area (Å²) in [5, 5.41) is 2.73. The van der Waals surface area contributed by atoms with Crippen LogP contribution in [0.3, 0.4) is 0 Å². The van der Waals surface area contributed by atoms with E-state index in [-0.39, 0.29) is 24.4 Å². The van der Waals surface area contributed by atoms with Gasteiger partial charge in [0.15, 0.2) is 0 Å². The van der Waals surface area contributed by atoms with Gasteiger partial charge >= 0.3 is 0 Å². The highest BCUT2D eigenvalue weighted by Gasteiger charge is 2.17. The molecule has 0 fully saturated rings. The molecule has 0 unspecified atom stereocenters. The van der Waals surface area contributed by atoms with Crippen LogP contribution in [0.2, 0.25) is 0 Å².